The number of thioether (sulfide) groups is 1. The summed E-state index contributed by atoms with van der Waals surface area (Å²) in [6.07, 6.45) is 1.78. The zero-order valence-corrected chi connectivity index (χ0v) is 20.2. The number of aryl methyl sites for hydroxylation is 1. The molecule has 3 aromatic carbocycles. The van der Waals surface area contributed by atoms with Gasteiger partial charge in [-0.2, -0.15) is 0 Å². The highest BCUT2D eigenvalue weighted by Gasteiger charge is 2.34. The standard InChI is InChI=1S/C26H22N2O4S2/c1-17-7-11-19(12-8-17)27-24(29)16-32-20-13-9-18(10-14-20)15-23-25(30)28(26(33)34-23)21-5-3-4-6-22(21)31-2/h3-15H,16H2,1-2H3,(H,27,29)/b23-15+. The Hall–Kier alpha value is -3.62. The Bertz CT molecular complexity index is 1250. The molecule has 34 heavy (non-hydrogen) atoms. The fraction of sp³-hybridized carbons (Fsp3) is 0.115. The molecule has 0 radical (unpaired) electrons. The lowest BCUT2D eigenvalue weighted by molar-refractivity contribution is -0.118. The number of carbonyl (C=O) groups excluding carboxylic acids is 2. The first kappa shape index (κ1) is 23.5. The van der Waals surface area contributed by atoms with Gasteiger partial charge in [0.25, 0.3) is 11.8 Å². The second-order valence-electron chi connectivity index (χ2n) is 7.46. The highest BCUT2D eigenvalue weighted by Crippen LogP contribution is 2.39. The molecule has 1 aliphatic heterocycles. The van der Waals surface area contributed by atoms with Crippen molar-refractivity contribution >= 4 is 57.6 Å². The molecule has 0 atom stereocenters. The van der Waals surface area contributed by atoms with E-state index in [9.17, 15) is 9.59 Å². The van der Waals surface area contributed by atoms with Gasteiger partial charge in [0, 0.05) is 5.69 Å². The summed E-state index contributed by atoms with van der Waals surface area (Å²) in [7, 11) is 1.56. The molecule has 4 rings (SSSR count). The van der Waals surface area contributed by atoms with E-state index in [1.807, 2.05) is 55.5 Å². The van der Waals surface area contributed by atoms with E-state index in [1.54, 1.807) is 37.5 Å². The first-order valence-electron chi connectivity index (χ1n) is 10.4. The number of thiocarbonyl (C=S) groups is 1. The zero-order valence-electron chi connectivity index (χ0n) is 18.6. The van der Waals surface area contributed by atoms with E-state index < -0.39 is 0 Å². The monoisotopic (exact) mass is 490 g/mol. The van der Waals surface area contributed by atoms with Gasteiger partial charge in [-0.3, -0.25) is 14.5 Å². The average Bonchev–Trinajstić information content (AvgIpc) is 3.12. The normalized spacial score (nSPS) is 14.4. The number of anilines is 2. The molecule has 172 valence electrons. The Morgan fingerprint density at radius 1 is 1.06 bits per heavy atom. The summed E-state index contributed by atoms with van der Waals surface area (Å²) in [5, 5.41) is 2.79. The minimum Gasteiger partial charge on any atom is -0.495 e. The van der Waals surface area contributed by atoms with Crippen LogP contribution < -0.4 is 19.7 Å². The SMILES string of the molecule is COc1ccccc1N1C(=O)/C(=C\c2ccc(OCC(=O)Nc3ccc(C)cc3)cc2)SC1=S. The van der Waals surface area contributed by atoms with Crippen molar-refractivity contribution in [2.24, 2.45) is 0 Å². The second-order valence-corrected chi connectivity index (χ2v) is 9.14. The van der Waals surface area contributed by atoms with Crippen LogP contribution in [0.2, 0.25) is 0 Å². The van der Waals surface area contributed by atoms with Crippen LogP contribution in [0.3, 0.4) is 0 Å². The van der Waals surface area contributed by atoms with Crippen molar-refractivity contribution in [3.05, 3.63) is 88.8 Å². The van der Waals surface area contributed by atoms with Crippen molar-refractivity contribution in [3.8, 4) is 11.5 Å². The number of nitrogens with one attached hydrogen (secondary N) is 1. The summed E-state index contributed by atoms with van der Waals surface area (Å²) in [5.41, 5.74) is 3.27. The van der Waals surface area contributed by atoms with Crippen LogP contribution in [-0.4, -0.2) is 29.9 Å². The number of ether oxygens (including phenoxy) is 2. The molecule has 0 bridgehead atoms. The molecule has 3 aromatic rings. The highest BCUT2D eigenvalue weighted by atomic mass is 32.2. The fourth-order valence-electron chi connectivity index (χ4n) is 3.28. The van der Waals surface area contributed by atoms with E-state index >= 15 is 0 Å². The molecular weight excluding hydrogens is 468 g/mol. The topological polar surface area (TPSA) is 67.9 Å². The predicted molar refractivity (Wildman–Crippen MR) is 140 cm³/mol. The van der Waals surface area contributed by atoms with Crippen LogP contribution in [-0.2, 0) is 9.59 Å². The number of rotatable bonds is 7. The quantitative estimate of drug-likeness (QED) is 0.352. The molecule has 0 saturated carbocycles. The van der Waals surface area contributed by atoms with Gasteiger partial charge in [0.1, 0.15) is 11.5 Å². The number of methoxy groups -OCH3 is 1. The highest BCUT2D eigenvalue weighted by molar-refractivity contribution is 8.27. The molecule has 0 aromatic heterocycles. The van der Waals surface area contributed by atoms with E-state index in [0.717, 1.165) is 16.8 Å². The molecule has 0 aliphatic carbocycles. The first-order chi connectivity index (χ1) is 16.4. The van der Waals surface area contributed by atoms with Gasteiger partial charge in [0.15, 0.2) is 10.9 Å². The van der Waals surface area contributed by atoms with Crippen molar-refractivity contribution in [1.29, 1.82) is 0 Å². The third kappa shape index (κ3) is 5.47. The number of hydrogen-bond donors (Lipinski definition) is 1. The van der Waals surface area contributed by atoms with E-state index in [2.05, 4.69) is 5.32 Å². The van der Waals surface area contributed by atoms with Crippen molar-refractivity contribution in [1.82, 2.24) is 0 Å². The van der Waals surface area contributed by atoms with Crippen LogP contribution in [0.1, 0.15) is 11.1 Å². The minimum absolute atomic E-state index is 0.106. The van der Waals surface area contributed by atoms with Gasteiger partial charge < -0.3 is 14.8 Å². The van der Waals surface area contributed by atoms with Crippen LogP contribution in [0.25, 0.3) is 6.08 Å². The maximum absolute atomic E-state index is 13.0. The van der Waals surface area contributed by atoms with Gasteiger partial charge in [-0.1, -0.05) is 65.9 Å². The van der Waals surface area contributed by atoms with Crippen LogP contribution in [0.4, 0.5) is 11.4 Å². The van der Waals surface area contributed by atoms with Crippen LogP contribution in [0.15, 0.2) is 77.7 Å². The van der Waals surface area contributed by atoms with Crippen molar-refractivity contribution < 1.29 is 19.1 Å². The number of nitrogens with zero attached hydrogens (tertiary/aromatic N) is 1. The van der Waals surface area contributed by atoms with Crippen LogP contribution in [0.5, 0.6) is 11.5 Å². The summed E-state index contributed by atoms with van der Waals surface area (Å²) in [6, 6.07) is 22.0. The number of carbonyl (C=O) groups is 2. The summed E-state index contributed by atoms with van der Waals surface area (Å²) in [6.45, 7) is 1.88. The third-order valence-electron chi connectivity index (χ3n) is 5.00. The fourth-order valence-corrected chi connectivity index (χ4v) is 4.57. The molecule has 6 nitrogen and oxygen atoms in total. The molecule has 0 spiro atoms. The van der Waals surface area contributed by atoms with E-state index in [1.165, 1.54) is 16.7 Å². The van der Waals surface area contributed by atoms with Gasteiger partial charge in [0.05, 0.1) is 17.7 Å². The molecule has 1 N–H and O–H groups in total. The van der Waals surface area contributed by atoms with Gasteiger partial charge in [-0.05, 0) is 55.0 Å². The van der Waals surface area contributed by atoms with Crippen LogP contribution in [0, 0.1) is 6.92 Å². The predicted octanol–water partition coefficient (Wildman–Crippen LogP) is 5.43. The molecule has 1 saturated heterocycles. The van der Waals surface area contributed by atoms with E-state index in [4.69, 9.17) is 21.7 Å². The van der Waals surface area contributed by atoms with Crippen molar-refractivity contribution in [2.75, 3.05) is 23.9 Å². The summed E-state index contributed by atoms with van der Waals surface area (Å²) in [5.74, 6) is 0.686. The van der Waals surface area contributed by atoms with Crippen LogP contribution >= 0.6 is 24.0 Å². The number of benzene rings is 3. The Labute approximate surface area is 207 Å². The Morgan fingerprint density at radius 3 is 2.47 bits per heavy atom. The molecular formula is C26H22N2O4S2. The second kappa shape index (κ2) is 10.5. The van der Waals surface area contributed by atoms with Gasteiger partial charge in [-0.15, -0.1) is 0 Å². The summed E-state index contributed by atoms with van der Waals surface area (Å²) in [4.78, 5) is 27.1. The lowest BCUT2D eigenvalue weighted by Crippen LogP contribution is -2.27. The van der Waals surface area contributed by atoms with Gasteiger partial charge >= 0.3 is 0 Å². The third-order valence-corrected chi connectivity index (χ3v) is 6.31. The Kier molecular flexibility index (Phi) is 7.30. The lowest BCUT2D eigenvalue weighted by Gasteiger charge is -2.17. The molecule has 1 fully saturated rings. The largest absolute Gasteiger partial charge is 0.495 e. The average molecular weight is 491 g/mol. The maximum Gasteiger partial charge on any atom is 0.270 e. The summed E-state index contributed by atoms with van der Waals surface area (Å²) >= 11 is 6.69. The Balaban J connectivity index is 1.38. The lowest BCUT2D eigenvalue weighted by atomic mass is 10.2. The van der Waals surface area contributed by atoms with Gasteiger partial charge in [-0.25, -0.2) is 0 Å². The molecule has 2 amide bonds. The molecule has 0 unspecified atom stereocenters. The van der Waals surface area contributed by atoms with E-state index in [-0.39, 0.29) is 18.4 Å². The van der Waals surface area contributed by atoms with Crippen molar-refractivity contribution in [3.63, 3.8) is 0 Å². The minimum atomic E-state index is -0.243. The smallest absolute Gasteiger partial charge is 0.270 e. The maximum atomic E-state index is 13.0. The zero-order chi connectivity index (χ0) is 24.1. The summed E-state index contributed by atoms with van der Waals surface area (Å²) < 4.78 is 11.4. The Morgan fingerprint density at radius 2 is 1.76 bits per heavy atom. The molecule has 1 heterocycles. The van der Waals surface area contributed by atoms with Crippen molar-refractivity contribution in [2.45, 2.75) is 6.92 Å². The first-order valence-corrected chi connectivity index (χ1v) is 11.7. The number of hydrogen-bond acceptors (Lipinski definition) is 6. The van der Waals surface area contributed by atoms with Gasteiger partial charge in [0.2, 0.25) is 0 Å². The van der Waals surface area contributed by atoms with E-state index in [0.29, 0.717) is 26.4 Å². The number of para-hydroxylation sites is 2. The number of amides is 2. The molecule has 1 aliphatic rings. The molecule has 8 heteroatoms.